The third kappa shape index (κ3) is 3.73. The average molecular weight is 389 g/mol. The van der Waals surface area contributed by atoms with Crippen molar-refractivity contribution in [3.05, 3.63) is 0 Å². The van der Waals surface area contributed by atoms with Crippen LogP contribution in [0.2, 0.25) is 0 Å². The zero-order chi connectivity index (χ0) is 18.4. The van der Waals surface area contributed by atoms with Gasteiger partial charge in [0.2, 0.25) is 17.0 Å². The minimum Gasteiger partial charge on any atom is -0.353 e. The number of nitrogens with one attached hydrogen (secondary N) is 3. The maximum Gasteiger partial charge on any atom is 0.240 e. The van der Waals surface area contributed by atoms with Crippen molar-refractivity contribution in [2.45, 2.75) is 69.5 Å². The Balaban J connectivity index is 1.17. The summed E-state index contributed by atoms with van der Waals surface area (Å²) < 4.78 is 0. The molecule has 27 heavy (non-hydrogen) atoms. The molecule has 0 spiro atoms. The van der Waals surface area contributed by atoms with E-state index in [1.54, 1.807) is 0 Å². The normalized spacial score (nSPS) is 34.7. The van der Waals surface area contributed by atoms with Crippen LogP contribution in [-0.4, -0.2) is 38.6 Å². The molecule has 1 amide bonds. The van der Waals surface area contributed by atoms with E-state index in [2.05, 4.69) is 37.9 Å². The summed E-state index contributed by atoms with van der Waals surface area (Å²) in [7, 11) is 0. The predicted octanol–water partition coefficient (Wildman–Crippen LogP) is 3.18. The molecule has 5 fully saturated rings. The van der Waals surface area contributed by atoms with Crippen molar-refractivity contribution < 1.29 is 4.79 Å². The van der Waals surface area contributed by atoms with Crippen LogP contribution in [0.3, 0.4) is 0 Å². The van der Waals surface area contributed by atoms with Crippen LogP contribution in [0, 0.1) is 23.2 Å². The fourth-order valence-electron chi connectivity index (χ4n) is 5.80. The Morgan fingerprint density at radius 3 is 2.52 bits per heavy atom. The number of hydrazone groups is 1. The lowest BCUT2D eigenvalue weighted by Crippen LogP contribution is -2.49. The standard InChI is InChI=1S/C19H28N6OS/c1-11(19-7-12-4-13(8-19)6-14(5-12)9-19)22-23-17-21-18(25-24-17)27-10-16(26)20-15-2-3-15/h12-15H,2-10H2,1H3,(H,20,26)(H2,21,23,24,25)/b22-11+. The third-order valence-corrected chi connectivity index (χ3v) is 7.72. The van der Waals surface area contributed by atoms with E-state index in [0.717, 1.165) is 30.6 Å². The Bertz CT molecular complexity index is 720. The van der Waals surface area contributed by atoms with Crippen LogP contribution < -0.4 is 10.7 Å². The highest BCUT2D eigenvalue weighted by atomic mass is 32.2. The first-order chi connectivity index (χ1) is 13.1. The number of amides is 1. The highest BCUT2D eigenvalue weighted by molar-refractivity contribution is 7.99. The fraction of sp³-hybridized carbons (Fsp3) is 0.789. The van der Waals surface area contributed by atoms with Crippen molar-refractivity contribution >= 4 is 29.3 Å². The number of hydrogen-bond acceptors (Lipinski definition) is 6. The van der Waals surface area contributed by atoms with Crippen LogP contribution in [0.15, 0.2) is 10.3 Å². The van der Waals surface area contributed by atoms with E-state index < -0.39 is 0 Å². The second kappa shape index (κ2) is 6.79. The van der Waals surface area contributed by atoms with Gasteiger partial charge in [-0.15, -0.1) is 5.10 Å². The number of aromatic nitrogens is 3. The molecule has 0 atom stereocenters. The van der Waals surface area contributed by atoms with Gasteiger partial charge in [-0.2, -0.15) is 10.1 Å². The van der Waals surface area contributed by atoms with Crippen LogP contribution in [0.1, 0.15) is 58.3 Å². The zero-order valence-electron chi connectivity index (χ0n) is 15.8. The molecular weight excluding hydrogens is 360 g/mol. The number of aromatic amines is 1. The van der Waals surface area contributed by atoms with Crippen LogP contribution in [0.5, 0.6) is 0 Å². The van der Waals surface area contributed by atoms with Gasteiger partial charge in [0.05, 0.1) is 5.75 Å². The molecular formula is C19H28N6OS. The molecule has 0 unspecified atom stereocenters. The van der Waals surface area contributed by atoms with Crippen LogP contribution in [0.4, 0.5) is 5.95 Å². The lowest BCUT2D eigenvalue weighted by Gasteiger charge is -2.56. The molecule has 5 aliphatic rings. The van der Waals surface area contributed by atoms with Gasteiger partial charge in [-0.1, -0.05) is 11.8 Å². The first kappa shape index (κ1) is 17.5. The highest BCUT2D eigenvalue weighted by Crippen LogP contribution is 2.60. The number of nitrogens with zero attached hydrogens (tertiary/aromatic N) is 3. The molecule has 0 aromatic carbocycles. The molecule has 4 bridgehead atoms. The van der Waals surface area contributed by atoms with Gasteiger partial charge in [-0.05, 0) is 76.0 Å². The summed E-state index contributed by atoms with van der Waals surface area (Å²) in [5, 5.41) is 15.3. The molecule has 3 N–H and O–H groups in total. The zero-order valence-corrected chi connectivity index (χ0v) is 16.6. The van der Waals surface area contributed by atoms with E-state index in [4.69, 9.17) is 0 Å². The first-order valence-corrected chi connectivity index (χ1v) is 11.2. The molecule has 6 rings (SSSR count). The largest absolute Gasteiger partial charge is 0.353 e. The maximum absolute atomic E-state index is 11.8. The number of carbonyl (C=O) groups excluding carboxylic acids is 1. The lowest BCUT2D eigenvalue weighted by atomic mass is 9.48. The average Bonchev–Trinajstić information content (AvgIpc) is 3.32. The lowest BCUT2D eigenvalue weighted by molar-refractivity contribution is -0.118. The second-order valence-electron chi connectivity index (χ2n) is 9.10. The Kier molecular flexibility index (Phi) is 4.41. The van der Waals surface area contributed by atoms with Crippen LogP contribution in [0.25, 0.3) is 0 Å². The summed E-state index contributed by atoms with van der Waals surface area (Å²) in [4.78, 5) is 16.2. The summed E-state index contributed by atoms with van der Waals surface area (Å²) in [5.74, 6) is 3.69. The molecule has 1 aromatic rings. The van der Waals surface area contributed by atoms with Crippen molar-refractivity contribution in [1.29, 1.82) is 0 Å². The number of anilines is 1. The minimum absolute atomic E-state index is 0.0532. The monoisotopic (exact) mass is 388 g/mol. The predicted molar refractivity (Wildman–Crippen MR) is 106 cm³/mol. The topological polar surface area (TPSA) is 95.1 Å². The van der Waals surface area contributed by atoms with Crippen molar-refractivity contribution in [3.8, 4) is 0 Å². The summed E-state index contributed by atoms with van der Waals surface area (Å²) >= 11 is 1.35. The SMILES string of the molecule is C/C(=N\Nc1nc(SCC(=O)NC2CC2)n[nH]1)C12CC3CC(CC(C3)C1)C2. The van der Waals surface area contributed by atoms with Crippen LogP contribution in [-0.2, 0) is 4.79 Å². The van der Waals surface area contributed by atoms with Gasteiger partial charge in [0.15, 0.2) is 0 Å². The summed E-state index contributed by atoms with van der Waals surface area (Å²) in [6.07, 6.45) is 10.5. The molecule has 5 saturated carbocycles. The van der Waals surface area contributed by atoms with Gasteiger partial charge in [0.1, 0.15) is 0 Å². The Labute approximate surface area is 163 Å². The number of rotatable bonds is 7. The molecule has 0 radical (unpaired) electrons. The molecule has 7 nitrogen and oxygen atoms in total. The van der Waals surface area contributed by atoms with E-state index >= 15 is 0 Å². The van der Waals surface area contributed by atoms with Gasteiger partial charge in [-0.25, -0.2) is 10.5 Å². The van der Waals surface area contributed by atoms with E-state index in [0.29, 0.717) is 28.3 Å². The number of H-pyrrole nitrogens is 1. The Hall–Kier alpha value is -1.57. The van der Waals surface area contributed by atoms with Crippen molar-refractivity contribution in [2.24, 2.45) is 28.3 Å². The molecule has 0 saturated heterocycles. The van der Waals surface area contributed by atoms with Crippen molar-refractivity contribution in [3.63, 3.8) is 0 Å². The van der Waals surface area contributed by atoms with Crippen molar-refractivity contribution in [2.75, 3.05) is 11.2 Å². The number of hydrogen-bond donors (Lipinski definition) is 3. The number of thioether (sulfide) groups is 1. The Morgan fingerprint density at radius 2 is 1.89 bits per heavy atom. The Morgan fingerprint density at radius 1 is 1.22 bits per heavy atom. The molecule has 8 heteroatoms. The first-order valence-electron chi connectivity index (χ1n) is 10.2. The van der Waals surface area contributed by atoms with Gasteiger partial charge in [-0.3, -0.25) is 4.79 Å². The van der Waals surface area contributed by atoms with Crippen LogP contribution >= 0.6 is 11.8 Å². The van der Waals surface area contributed by atoms with E-state index in [1.807, 2.05) is 0 Å². The van der Waals surface area contributed by atoms with Gasteiger partial charge < -0.3 is 5.32 Å². The third-order valence-electron chi connectivity index (χ3n) is 6.87. The molecule has 0 aliphatic heterocycles. The number of carbonyl (C=O) groups is 1. The van der Waals surface area contributed by atoms with E-state index in [9.17, 15) is 4.79 Å². The highest BCUT2D eigenvalue weighted by Gasteiger charge is 2.52. The van der Waals surface area contributed by atoms with Gasteiger partial charge in [0.25, 0.3) is 0 Å². The van der Waals surface area contributed by atoms with E-state index in [-0.39, 0.29) is 5.91 Å². The summed E-state index contributed by atoms with van der Waals surface area (Å²) in [5.41, 5.74) is 4.59. The fourth-order valence-corrected chi connectivity index (χ4v) is 6.41. The molecule has 1 aromatic heterocycles. The molecule has 5 aliphatic carbocycles. The quantitative estimate of drug-likeness (QED) is 0.379. The maximum atomic E-state index is 11.8. The smallest absolute Gasteiger partial charge is 0.240 e. The second-order valence-corrected chi connectivity index (χ2v) is 10.0. The van der Waals surface area contributed by atoms with E-state index in [1.165, 1.54) is 56.0 Å². The summed E-state index contributed by atoms with van der Waals surface area (Å²) in [6, 6.07) is 0.393. The molecule has 1 heterocycles. The van der Waals surface area contributed by atoms with Gasteiger partial charge >= 0.3 is 0 Å². The van der Waals surface area contributed by atoms with Gasteiger partial charge in [0, 0.05) is 17.2 Å². The van der Waals surface area contributed by atoms with Crippen molar-refractivity contribution in [1.82, 2.24) is 20.5 Å². The summed E-state index contributed by atoms with van der Waals surface area (Å²) in [6.45, 7) is 2.17. The molecule has 146 valence electrons. The minimum atomic E-state index is 0.0532.